The van der Waals surface area contributed by atoms with Gasteiger partial charge in [-0.1, -0.05) is 20.3 Å². The molecular weight excluding hydrogens is 418 g/mol. The third kappa shape index (κ3) is 7.98. The number of nitrogens with one attached hydrogen (secondary N) is 2. The van der Waals surface area contributed by atoms with Crippen LogP contribution >= 0.6 is 0 Å². The van der Waals surface area contributed by atoms with E-state index >= 15 is 0 Å². The number of aliphatic carboxylic acids is 1. The average Bonchev–Trinajstić information content (AvgIpc) is 3.23. The van der Waals surface area contributed by atoms with Crippen molar-refractivity contribution < 1.29 is 24.3 Å². The fraction of sp³-hybridized carbons (Fsp3) is 0.750. The second kappa shape index (κ2) is 12.8. The molecule has 0 bridgehead atoms. The lowest BCUT2D eigenvalue weighted by atomic mass is 9.98. The van der Waals surface area contributed by atoms with Crippen LogP contribution in [0.25, 0.3) is 0 Å². The Balaban J connectivity index is 2.66. The molecule has 12 nitrogen and oxygen atoms in total. The number of carbonyl (C=O) groups is 4. The highest BCUT2D eigenvalue weighted by Crippen LogP contribution is 2.20. The molecule has 0 spiro atoms. The van der Waals surface area contributed by atoms with Crippen LogP contribution in [0.2, 0.25) is 0 Å². The minimum atomic E-state index is -1.20. The van der Waals surface area contributed by atoms with Gasteiger partial charge in [0.2, 0.25) is 17.7 Å². The fourth-order valence-corrected chi connectivity index (χ4v) is 3.42. The monoisotopic (exact) mass is 455 g/mol. The van der Waals surface area contributed by atoms with Crippen LogP contribution in [0.4, 0.5) is 0 Å². The number of aliphatic imine (C=N–C) groups is 1. The molecule has 5 atom stereocenters. The van der Waals surface area contributed by atoms with Crippen molar-refractivity contribution in [3.63, 3.8) is 0 Å². The van der Waals surface area contributed by atoms with E-state index in [4.69, 9.17) is 17.2 Å². The number of nitrogens with two attached hydrogens (primary N) is 3. The number of hydrogen-bond donors (Lipinski definition) is 6. The van der Waals surface area contributed by atoms with E-state index in [-0.39, 0.29) is 30.8 Å². The summed E-state index contributed by atoms with van der Waals surface area (Å²) in [5.41, 5.74) is 16.5. The summed E-state index contributed by atoms with van der Waals surface area (Å²) in [5, 5.41) is 14.3. The number of hydrogen-bond acceptors (Lipinski definition) is 6. The summed E-state index contributed by atoms with van der Waals surface area (Å²) in [5.74, 6) is -2.69. The first-order chi connectivity index (χ1) is 15.0. The smallest absolute Gasteiger partial charge is 0.326 e. The molecule has 0 radical (unpaired) electrons. The van der Waals surface area contributed by atoms with Crippen molar-refractivity contribution in [3.05, 3.63) is 0 Å². The molecule has 0 saturated carbocycles. The Morgan fingerprint density at radius 1 is 1.19 bits per heavy atom. The van der Waals surface area contributed by atoms with E-state index in [1.807, 2.05) is 13.8 Å². The number of carboxylic acid groups (broad SMARTS) is 1. The van der Waals surface area contributed by atoms with E-state index in [0.717, 1.165) is 6.42 Å². The van der Waals surface area contributed by atoms with Crippen molar-refractivity contribution in [2.45, 2.75) is 77.0 Å². The normalized spacial score (nSPS) is 19.4. The third-order valence-corrected chi connectivity index (χ3v) is 5.69. The largest absolute Gasteiger partial charge is 0.480 e. The van der Waals surface area contributed by atoms with Gasteiger partial charge in [0.25, 0.3) is 0 Å². The van der Waals surface area contributed by atoms with Crippen LogP contribution in [0.3, 0.4) is 0 Å². The zero-order valence-corrected chi connectivity index (χ0v) is 19.0. The Bertz CT molecular complexity index is 710. The van der Waals surface area contributed by atoms with Gasteiger partial charge in [0.1, 0.15) is 18.1 Å². The first-order valence-corrected chi connectivity index (χ1v) is 10.9. The Hall–Kier alpha value is -2.89. The van der Waals surface area contributed by atoms with Crippen LogP contribution in [-0.2, 0) is 19.2 Å². The van der Waals surface area contributed by atoms with Crippen molar-refractivity contribution in [1.82, 2.24) is 15.5 Å². The number of rotatable bonds is 12. The average molecular weight is 456 g/mol. The number of nitrogens with zero attached hydrogens (tertiary/aromatic N) is 2. The van der Waals surface area contributed by atoms with Crippen molar-refractivity contribution in [2.24, 2.45) is 28.1 Å². The Kier molecular flexibility index (Phi) is 10.9. The van der Waals surface area contributed by atoms with Crippen LogP contribution in [0.5, 0.6) is 0 Å². The maximum Gasteiger partial charge on any atom is 0.326 e. The summed E-state index contributed by atoms with van der Waals surface area (Å²) in [6, 6.07) is -3.52. The summed E-state index contributed by atoms with van der Waals surface area (Å²) < 4.78 is 0. The summed E-state index contributed by atoms with van der Waals surface area (Å²) >= 11 is 0. The highest BCUT2D eigenvalue weighted by atomic mass is 16.4. The van der Waals surface area contributed by atoms with Crippen molar-refractivity contribution in [3.8, 4) is 0 Å². The minimum Gasteiger partial charge on any atom is -0.480 e. The summed E-state index contributed by atoms with van der Waals surface area (Å²) in [6.07, 6.45) is 2.35. The van der Waals surface area contributed by atoms with Crippen molar-refractivity contribution >= 4 is 29.7 Å². The maximum absolute atomic E-state index is 12.8. The van der Waals surface area contributed by atoms with Crippen LogP contribution in [0.1, 0.15) is 52.9 Å². The number of carboxylic acids is 1. The Labute approximate surface area is 188 Å². The number of guanidine groups is 1. The molecule has 182 valence electrons. The van der Waals surface area contributed by atoms with E-state index in [1.54, 1.807) is 0 Å². The molecule has 1 aliphatic heterocycles. The van der Waals surface area contributed by atoms with E-state index in [9.17, 15) is 24.3 Å². The van der Waals surface area contributed by atoms with E-state index < -0.39 is 42.0 Å². The van der Waals surface area contributed by atoms with Crippen LogP contribution in [-0.4, -0.2) is 76.9 Å². The van der Waals surface area contributed by atoms with Crippen molar-refractivity contribution in [2.75, 3.05) is 13.1 Å². The topological polar surface area (TPSA) is 206 Å². The lowest BCUT2D eigenvalue weighted by Gasteiger charge is -2.29. The molecule has 0 aromatic carbocycles. The first-order valence-electron chi connectivity index (χ1n) is 10.9. The van der Waals surface area contributed by atoms with Gasteiger partial charge in [-0.2, -0.15) is 0 Å². The molecule has 1 saturated heterocycles. The van der Waals surface area contributed by atoms with Gasteiger partial charge in [0.05, 0.1) is 6.04 Å². The number of carbonyl (C=O) groups excluding carboxylic acids is 3. The molecule has 0 aliphatic carbocycles. The minimum absolute atomic E-state index is 0.0172. The van der Waals surface area contributed by atoms with Gasteiger partial charge in [0, 0.05) is 13.1 Å². The van der Waals surface area contributed by atoms with Gasteiger partial charge in [-0.3, -0.25) is 19.4 Å². The molecule has 0 aromatic heterocycles. The van der Waals surface area contributed by atoms with Crippen LogP contribution in [0, 0.1) is 5.92 Å². The number of likely N-dealkylation sites (tertiary alicyclic amines) is 1. The zero-order chi connectivity index (χ0) is 24.4. The lowest BCUT2D eigenvalue weighted by Crippen LogP contribution is -2.56. The molecule has 0 aromatic rings. The summed E-state index contributed by atoms with van der Waals surface area (Å²) in [6.45, 7) is 5.95. The lowest BCUT2D eigenvalue weighted by molar-refractivity contribution is -0.143. The van der Waals surface area contributed by atoms with Crippen LogP contribution in [0.15, 0.2) is 4.99 Å². The van der Waals surface area contributed by atoms with E-state index in [0.29, 0.717) is 25.8 Å². The standard InChI is InChI=1S/C20H37N7O5/c1-4-11(2)15(21)18(30)27-10-6-8-14(27)17(29)25-12(3)16(28)26-13(19(31)32)7-5-9-24-20(22)23/h11-15H,4-10,21H2,1-3H3,(H,25,29)(H,26,28)(H,31,32)(H4,22,23,24). The zero-order valence-electron chi connectivity index (χ0n) is 19.0. The van der Waals surface area contributed by atoms with Gasteiger partial charge in [-0.15, -0.1) is 0 Å². The van der Waals surface area contributed by atoms with Gasteiger partial charge >= 0.3 is 5.97 Å². The van der Waals surface area contributed by atoms with E-state index in [1.165, 1.54) is 11.8 Å². The Morgan fingerprint density at radius 2 is 1.84 bits per heavy atom. The fourth-order valence-electron chi connectivity index (χ4n) is 3.42. The highest BCUT2D eigenvalue weighted by molar-refractivity contribution is 5.94. The second-order valence-corrected chi connectivity index (χ2v) is 8.18. The molecule has 32 heavy (non-hydrogen) atoms. The van der Waals surface area contributed by atoms with Gasteiger partial charge in [-0.05, 0) is 38.5 Å². The molecule has 5 unspecified atom stereocenters. The first kappa shape index (κ1) is 27.1. The SMILES string of the molecule is CCC(C)C(N)C(=O)N1CCCC1C(=O)NC(C)C(=O)NC(CCCN=C(N)N)C(=O)O. The van der Waals surface area contributed by atoms with E-state index in [2.05, 4.69) is 15.6 Å². The predicted molar refractivity (Wildman–Crippen MR) is 119 cm³/mol. The third-order valence-electron chi connectivity index (χ3n) is 5.69. The molecule has 9 N–H and O–H groups in total. The van der Waals surface area contributed by atoms with Crippen molar-refractivity contribution in [1.29, 1.82) is 0 Å². The molecule has 1 heterocycles. The predicted octanol–water partition coefficient (Wildman–Crippen LogP) is -1.52. The van der Waals surface area contributed by atoms with Gasteiger partial charge < -0.3 is 37.8 Å². The number of amides is 3. The molecular formula is C20H37N7O5. The Morgan fingerprint density at radius 3 is 2.41 bits per heavy atom. The summed E-state index contributed by atoms with van der Waals surface area (Å²) in [4.78, 5) is 54.6. The molecule has 3 amide bonds. The maximum atomic E-state index is 12.8. The van der Waals surface area contributed by atoms with Gasteiger partial charge in [0.15, 0.2) is 5.96 Å². The van der Waals surface area contributed by atoms with Gasteiger partial charge in [-0.25, -0.2) is 4.79 Å². The highest BCUT2D eigenvalue weighted by Gasteiger charge is 2.38. The summed E-state index contributed by atoms with van der Waals surface area (Å²) in [7, 11) is 0. The molecule has 1 fully saturated rings. The molecule has 1 rings (SSSR count). The molecule has 1 aliphatic rings. The van der Waals surface area contributed by atoms with Crippen LogP contribution < -0.4 is 27.8 Å². The quantitative estimate of drug-likeness (QED) is 0.115. The molecule has 12 heteroatoms. The second-order valence-electron chi connectivity index (χ2n) is 8.18.